The first-order valence-corrected chi connectivity index (χ1v) is 6.05. The summed E-state index contributed by atoms with van der Waals surface area (Å²) in [5, 5.41) is 7.74. The molecular formula is C11H11IN2O2. The lowest BCUT2D eigenvalue weighted by Gasteiger charge is -2.02. The molecule has 0 aliphatic carbocycles. The molecule has 0 N–H and O–H groups in total. The van der Waals surface area contributed by atoms with Gasteiger partial charge in [0.2, 0.25) is 5.89 Å². The van der Waals surface area contributed by atoms with Gasteiger partial charge >= 0.3 is 0 Å². The first-order valence-electron chi connectivity index (χ1n) is 4.97. The molecule has 2 rings (SSSR count). The maximum Gasteiger partial charge on any atom is 0.253 e. The maximum atomic E-state index is 5.51. The largest absolute Gasteiger partial charge is 0.484 e. The molecule has 1 heterocycles. The third-order valence-corrected chi connectivity index (χ3v) is 2.71. The molecule has 5 heteroatoms. The number of rotatable bonds is 4. The van der Waals surface area contributed by atoms with Crippen LogP contribution in [0.25, 0.3) is 0 Å². The number of nitrogens with zero attached hydrogens (tertiary/aromatic N) is 2. The average molecular weight is 330 g/mol. The van der Waals surface area contributed by atoms with Crippen molar-refractivity contribution in [2.24, 2.45) is 0 Å². The van der Waals surface area contributed by atoms with Crippen LogP contribution in [0, 0.1) is 3.57 Å². The zero-order valence-electron chi connectivity index (χ0n) is 8.81. The quantitative estimate of drug-likeness (QED) is 0.809. The van der Waals surface area contributed by atoms with Crippen molar-refractivity contribution < 1.29 is 9.15 Å². The summed E-state index contributed by atoms with van der Waals surface area (Å²) in [7, 11) is 0. The van der Waals surface area contributed by atoms with Crippen molar-refractivity contribution in [3.05, 3.63) is 39.6 Å². The van der Waals surface area contributed by atoms with Gasteiger partial charge in [-0.05, 0) is 46.9 Å². The smallest absolute Gasteiger partial charge is 0.253 e. The molecule has 0 amide bonds. The molecule has 0 aliphatic heterocycles. The standard InChI is InChI=1S/C11H11IN2O2/c1-2-10-13-14-11(16-10)7-15-9-5-3-8(12)4-6-9/h3-6H,2,7H2,1H3. The van der Waals surface area contributed by atoms with Gasteiger partial charge in [-0.25, -0.2) is 0 Å². The van der Waals surface area contributed by atoms with Crippen LogP contribution in [0.15, 0.2) is 28.7 Å². The number of aromatic nitrogens is 2. The van der Waals surface area contributed by atoms with E-state index in [0.29, 0.717) is 18.4 Å². The third kappa shape index (κ3) is 2.94. The molecule has 84 valence electrons. The minimum atomic E-state index is 0.313. The summed E-state index contributed by atoms with van der Waals surface area (Å²) >= 11 is 2.25. The van der Waals surface area contributed by atoms with Crippen molar-refractivity contribution >= 4 is 22.6 Å². The molecule has 0 spiro atoms. The summed E-state index contributed by atoms with van der Waals surface area (Å²) in [6.07, 6.45) is 0.747. The number of halogens is 1. The van der Waals surface area contributed by atoms with Crippen LogP contribution in [0.1, 0.15) is 18.7 Å². The fourth-order valence-corrected chi connectivity index (χ4v) is 1.53. The summed E-state index contributed by atoms with van der Waals surface area (Å²) in [4.78, 5) is 0. The molecule has 0 radical (unpaired) electrons. The molecule has 0 aliphatic rings. The Balaban J connectivity index is 1.94. The second kappa shape index (κ2) is 5.29. The Morgan fingerprint density at radius 2 is 1.88 bits per heavy atom. The van der Waals surface area contributed by atoms with E-state index in [1.54, 1.807) is 0 Å². The minimum absolute atomic E-state index is 0.313. The molecule has 0 bridgehead atoms. The van der Waals surface area contributed by atoms with E-state index in [4.69, 9.17) is 9.15 Å². The van der Waals surface area contributed by atoms with Gasteiger partial charge in [0, 0.05) is 9.99 Å². The van der Waals surface area contributed by atoms with Gasteiger partial charge < -0.3 is 9.15 Å². The first kappa shape index (κ1) is 11.4. The third-order valence-electron chi connectivity index (χ3n) is 1.99. The van der Waals surface area contributed by atoms with Gasteiger partial charge in [-0.2, -0.15) is 0 Å². The van der Waals surface area contributed by atoms with Gasteiger partial charge in [-0.1, -0.05) is 6.92 Å². The van der Waals surface area contributed by atoms with Crippen LogP contribution in [0.3, 0.4) is 0 Å². The zero-order chi connectivity index (χ0) is 11.4. The number of hydrogen-bond donors (Lipinski definition) is 0. The summed E-state index contributed by atoms with van der Waals surface area (Å²) in [5.74, 6) is 1.95. The Morgan fingerprint density at radius 1 is 1.19 bits per heavy atom. The van der Waals surface area contributed by atoms with E-state index in [9.17, 15) is 0 Å². The predicted molar refractivity (Wildman–Crippen MR) is 67.2 cm³/mol. The van der Waals surface area contributed by atoms with Crippen LogP contribution in [-0.4, -0.2) is 10.2 Å². The van der Waals surface area contributed by atoms with Crippen LogP contribution < -0.4 is 4.74 Å². The fourth-order valence-electron chi connectivity index (χ4n) is 1.17. The molecule has 4 nitrogen and oxygen atoms in total. The fraction of sp³-hybridized carbons (Fsp3) is 0.273. The molecule has 0 unspecified atom stereocenters. The number of benzene rings is 1. The SMILES string of the molecule is CCc1nnc(COc2ccc(I)cc2)o1. The number of aryl methyl sites for hydroxylation is 1. The van der Waals surface area contributed by atoms with E-state index in [1.807, 2.05) is 31.2 Å². The topological polar surface area (TPSA) is 48.2 Å². The highest BCUT2D eigenvalue weighted by atomic mass is 127. The molecule has 0 fully saturated rings. The highest BCUT2D eigenvalue weighted by molar-refractivity contribution is 14.1. The van der Waals surface area contributed by atoms with E-state index in [0.717, 1.165) is 12.2 Å². The van der Waals surface area contributed by atoms with Gasteiger partial charge in [0.1, 0.15) is 5.75 Å². The zero-order valence-corrected chi connectivity index (χ0v) is 11.0. The minimum Gasteiger partial charge on any atom is -0.484 e. The van der Waals surface area contributed by atoms with E-state index in [2.05, 4.69) is 32.8 Å². The van der Waals surface area contributed by atoms with Crippen LogP contribution in [0.4, 0.5) is 0 Å². The number of ether oxygens (including phenoxy) is 1. The Morgan fingerprint density at radius 3 is 2.50 bits per heavy atom. The lowest BCUT2D eigenvalue weighted by molar-refractivity contribution is 0.259. The van der Waals surface area contributed by atoms with Crippen molar-refractivity contribution in [3.8, 4) is 5.75 Å². The van der Waals surface area contributed by atoms with Gasteiger partial charge in [0.15, 0.2) is 6.61 Å². The summed E-state index contributed by atoms with van der Waals surface area (Å²) in [6.45, 7) is 2.28. The Labute approximate surface area is 107 Å². The van der Waals surface area contributed by atoms with Crippen LogP contribution in [-0.2, 0) is 13.0 Å². The van der Waals surface area contributed by atoms with Crippen molar-refractivity contribution in [1.82, 2.24) is 10.2 Å². The second-order valence-electron chi connectivity index (χ2n) is 3.19. The Bertz CT molecular complexity index is 453. The molecule has 1 aromatic heterocycles. The van der Waals surface area contributed by atoms with Crippen molar-refractivity contribution in [1.29, 1.82) is 0 Å². The molecule has 0 saturated heterocycles. The lowest BCUT2D eigenvalue weighted by Crippen LogP contribution is -1.95. The predicted octanol–water partition coefficient (Wildman–Crippen LogP) is 2.82. The summed E-state index contributed by atoms with van der Waals surface area (Å²) < 4.78 is 12.0. The molecular weight excluding hydrogens is 319 g/mol. The van der Waals surface area contributed by atoms with E-state index >= 15 is 0 Å². The van der Waals surface area contributed by atoms with Gasteiger partial charge in [0.25, 0.3) is 5.89 Å². The molecule has 0 atom stereocenters. The van der Waals surface area contributed by atoms with Crippen LogP contribution in [0.2, 0.25) is 0 Å². The molecule has 0 saturated carbocycles. The van der Waals surface area contributed by atoms with Crippen molar-refractivity contribution in [2.75, 3.05) is 0 Å². The summed E-state index contributed by atoms with van der Waals surface area (Å²) in [5.41, 5.74) is 0. The highest BCUT2D eigenvalue weighted by Gasteiger charge is 2.04. The molecule has 2 aromatic rings. The summed E-state index contributed by atoms with van der Waals surface area (Å²) in [6, 6.07) is 7.81. The van der Waals surface area contributed by atoms with Crippen LogP contribution >= 0.6 is 22.6 Å². The normalized spacial score (nSPS) is 10.4. The Kier molecular flexibility index (Phi) is 3.76. The van der Waals surface area contributed by atoms with Gasteiger partial charge in [-0.3, -0.25) is 0 Å². The first-order chi connectivity index (χ1) is 7.78. The van der Waals surface area contributed by atoms with Gasteiger partial charge in [0.05, 0.1) is 0 Å². The maximum absolute atomic E-state index is 5.51. The monoisotopic (exact) mass is 330 g/mol. The molecule has 16 heavy (non-hydrogen) atoms. The van der Waals surface area contributed by atoms with Crippen molar-refractivity contribution in [2.45, 2.75) is 20.0 Å². The van der Waals surface area contributed by atoms with Gasteiger partial charge in [-0.15, -0.1) is 10.2 Å². The highest BCUT2D eigenvalue weighted by Crippen LogP contribution is 2.14. The van der Waals surface area contributed by atoms with Crippen LogP contribution in [0.5, 0.6) is 5.75 Å². The van der Waals surface area contributed by atoms with E-state index < -0.39 is 0 Å². The van der Waals surface area contributed by atoms with E-state index in [-0.39, 0.29) is 0 Å². The Hall–Kier alpha value is -1.11. The lowest BCUT2D eigenvalue weighted by atomic mass is 10.3. The average Bonchev–Trinajstić information content (AvgIpc) is 2.76. The number of hydrogen-bond acceptors (Lipinski definition) is 4. The van der Waals surface area contributed by atoms with Crippen molar-refractivity contribution in [3.63, 3.8) is 0 Å². The second-order valence-corrected chi connectivity index (χ2v) is 4.43. The molecule has 1 aromatic carbocycles. The van der Waals surface area contributed by atoms with E-state index in [1.165, 1.54) is 3.57 Å².